The van der Waals surface area contributed by atoms with Crippen LogP contribution in [0.2, 0.25) is 0 Å². The van der Waals surface area contributed by atoms with Gasteiger partial charge in [-0.25, -0.2) is 8.42 Å². The quantitative estimate of drug-likeness (QED) is 0.0233. The van der Waals surface area contributed by atoms with Crippen molar-refractivity contribution in [1.29, 1.82) is 0 Å². The number of aliphatic hydroxyl groups is 15. The number of aliphatic hydroxyl groups excluding tert-OH is 14. The number of hydrogen-bond donors (Lipinski definition) is 15. The van der Waals surface area contributed by atoms with Gasteiger partial charge in [-0.05, 0) is 120 Å². The molecule has 39 atom stereocenters. The zero-order chi connectivity index (χ0) is 70.5. The monoisotopic (exact) mass is 1430 g/mol. The van der Waals surface area contributed by atoms with Crippen LogP contribution in [-0.4, -0.2) is 305 Å². The molecule has 6 aliphatic heterocycles. The van der Waals surface area contributed by atoms with Crippen LogP contribution in [0, 0.1) is 46.3 Å². The maximum absolute atomic E-state index is 13.6. The molecule has 6 heterocycles. The van der Waals surface area contributed by atoms with Crippen LogP contribution in [0.4, 0.5) is 0 Å². The van der Waals surface area contributed by atoms with Crippen molar-refractivity contribution in [2.75, 3.05) is 13.2 Å². The number of ether oxygens (including phenoxy) is 12. The number of carbonyl (C=O) groups is 1. The second kappa shape index (κ2) is 31.3. The van der Waals surface area contributed by atoms with Gasteiger partial charge in [-0.2, -0.15) is 0 Å². The van der Waals surface area contributed by atoms with Gasteiger partial charge in [0.2, 0.25) is 10.4 Å². The summed E-state index contributed by atoms with van der Waals surface area (Å²) in [5, 5.41) is 170. The first-order chi connectivity index (χ1) is 44.8. The van der Waals surface area contributed by atoms with Gasteiger partial charge >= 0.3 is 29.6 Å². The van der Waals surface area contributed by atoms with Crippen molar-refractivity contribution in [1.82, 2.24) is 0 Å². The molecule has 0 radical (unpaired) electrons. The summed E-state index contributed by atoms with van der Waals surface area (Å²) in [5.41, 5.74) is -1.43. The summed E-state index contributed by atoms with van der Waals surface area (Å²) in [6.45, 7) is 15.6. The zero-order valence-corrected chi connectivity index (χ0v) is 59.4. The fraction of sp³-hybridized carbons (Fsp3) is 0.952. The minimum atomic E-state index is -5.16. The summed E-state index contributed by atoms with van der Waals surface area (Å²) >= 11 is 0. The number of Topliss-reactive ketones (excluding diaryl/α,β-unsaturated/α-hetero) is 1. The van der Waals surface area contributed by atoms with Gasteiger partial charge in [-0.1, -0.05) is 46.3 Å². The molecule has 10 aliphatic rings. The van der Waals surface area contributed by atoms with Gasteiger partial charge in [0.05, 0.1) is 55.4 Å². The van der Waals surface area contributed by atoms with Crippen LogP contribution in [0.1, 0.15) is 121 Å². The van der Waals surface area contributed by atoms with Crippen LogP contribution in [0.3, 0.4) is 0 Å². The van der Waals surface area contributed by atoms with E-state index in [1.807, 2.05) is 20.8 Å². The van der Waals surface area contributed by atoms with E-state index in [4.69, 9.17) is 61.0 Å². The molecule has 15 N–H and O–H groups in total. The van der Waals surface area contributed by atoms with Crippen molar-refractivity contribution >= 4 is 16.2 Å². The topological polar surface area (TPSA) is 498 Å². The standard InChI is InChI=1S/C63H104O32S.Na/c1-22(2)23(3)33(65)19-63(10,79)37-12-11-30-29-18-34(32-17-28(95-96(80,81)82)13-15-61(32,8)31(29)14-16-62(30,37)9)88-57-49(77)52(41(69)26(6)86-57)92-59-53(93-56-48(76)45(73)39(67)25(5)85-56)43(71)36(21-83-59)90-60-54(46(74)42(70)35(20-64)89-60)94-58-50(78)51(40(68)27(7)87-58)91-55-47(75)44(72)38(66)24(4)84-55;/h14,22-30,32,34-60,64,66-79H,11-13,15-21H2,1-10H3,(H,80,81,82);/q;+1/p-1. The molecule has 0 amide bonds. The van der Waals surface area contributed by atoms with Crippen molar-refractivity contribution in [2.24, 2.45) is 46.3 Å². The molecular weight excluding hydrogens is 1320 g/mol. The Kier molecular flexibility index (Phi) is 25.9. The van der Waals surface area contributed by atoms with Gasteiger partial charge in [0, 0.05) is 12.3 Å². The summed E-state index contributed by atoms with van der Waals surface area (Å²) < 4.78 is 115. The second-order valence-electron chi connectivity index (χ2n) is 29.8. The predicted octanol–water partition coefficient (Wildman–Crippen LogP) is -6.92. The Hall–Kier alpha value is -0.800. The van der Waals surface area contributed by atoms with Crippen LogP contribution in [0.25, 0.3) is 0 Å². The fourth-order valence-electron chi connectivity index (χ4n) is 17.1. The fourth-order valence-corrected chi connectivity index (χ4v) is 17.7. The Morgan fingerprint density at radius 1 is 0.588 bits per heavy atom. The number of hydrogen-bond acceptors (Lipinski definition) is 32. The zero-order valence-electron chi connectivity index (χ0n) is 56.6. The minimum Gasteiger partial charge on any atom is -0.726 e. The first kappa shape index (κ1) is 80.3. The maximum Gasteiger partial charge on any atom is 1.00 e. The van der Waals surface area contributed by atoms with E-state index in [0.717, 1.165) is 5.57 Å². The number of ketones is 1. The summed E-state index contributed by atoms with van der Waals surface area (Å²) in [6, 6.07) is 0. The normalized spacial score (nSPS) is 51.4. The third kappa shape index (κ3) is 16.0. The Morgan fingerprint density at radius 2 is 1.07 bits per heavy atom. The molecule has 0 aromatic rings. The average molecular weight is 1430 g/mol. The first-order valence-corrected chi connectivity index (χ1v) is 35.0. The van der Waals surface area contributed by atoms with Crippen LogP contribution < -0.4 is 29.6 Å². The molecule has 3 saturated carbocycles. The van der Waals surface area contributed by atoms with Crippen LogP contribution >= 0.6 is 0 Å². The molecule has 9 fully saturated rings. The molecule has 554 valence electrons. The molecule has 0 aromatic carbocycles. The number of fused-ring (bicyclic) bond motifs is 5. The number of carbonyl (C=O) groups excluding carboxylic acids is 1. The van der Waals surface area contributed by atoms with Crippen molar-refractivity contribution in [3.63, 3.8) is 0 Å². The predicted molar refractivity (Wildman–Crippen MR) is 320 cm³/mol. The molecule has 6 saturated heterocycles. The van der Waals surface area contributed by atoms with E-state index in [0.29, 0.717) is 25.7 Å². The maximum atomic E-state index is 13.6. The van der Waals surface area contributed by atoms with E-state index in [1.165, 1.54) is 27.7 Å². The minimum absolute atomic E-state index is 0. The molecule has 97 heavy (non-hydrogen) atoms. The smallest absolute Gasteiger partial charge is 0.726 e. The molecule has 4 aliphatic carbocycles. The van der Waals surface area contributed by atoms with E-state index in [2.05, 4.69) is 19.9 Å². The molecule has 10 rings (SSSR count). The molecule has 0 spiro atoms. The molecule has 34 heteroatoms. The SMILES string of the molecule is CC(C)C(C)C(=O)CC(C)(O)C1CCC2C3CC(OC4OC(C)C(O)C(OC5OCC(OC6OC(CO)C(O)C(O)C6OC6OC(C)C(O)C(OC7OC(C)C(O)C(O)C7O)C6O)C(O)C5OC5OC(C)C(O)C(O)C5O)C4O)C4CC(OS(=O)(=O)[O-])CCC4(C)C3=CCC21C.[Na+]. The van der Waals surface area contributed by atoms with E-state index in [9.17, 15) is 94.4 Å². The summed E-state index contributed by atoms with van der Waals surface area (Å²) in [7, 11) is -5.16. The van der Waals surface area contributed by atoms with Crippen molar-refractivity contribution in [3.05, 3.63) is 11.6 Å². The summed E-state index contributed by atoms with van der Waals surface area (Å²) in [4.78, 5) is 13.6. The van der Waals surface area contributed by atoms with Gasteiger partial charge in [0.1, 0.15) is 122 Å². The molecule has 32 nitrogen and oxygen atoms in total. The third-order valence-electron chi connectivity index (χ3n) is 23.2. The number of allylic oxidation sites excluding steroid dienone is 2. The van der Waals surface area contributed by atoms with Gasteiger partial charge in [0.15, 0.2) is 37.7 Å². The molecule has 0 bridgehead atoms. The van der Waals surface area contributed by atoms with Gasteiger partial charge < -0.3 is 138 Å². The van der Waals surface area contributed by atoms with Crippen molar-refractivity contribution in [2.45, 2.75) is 317 Å². The largest absolute Gasteiger partial charge is 1.00 e. The molecule has 0 aromatic heterocycles. The van der Waals surface area contributed by atoms with E-state index in [1.54, 1.807) is 6.92 Å². The van der Waals surface area contributed by atoms with Crippen LogP contribution in [0.15, 0.2) is 11.6 Å². The summed E-state index contributed by atoms with van der Waals surface area (Å²) in [5.74, 6) is -1.30. The van der Waals surface area contributed by atoms with Crippen molar-refractivity contribution < 1.29 is 185 Å². The van der Waals surface area contributed by atoms with Gasteiger partial charge in [-0.3, -0.25) is 8.98 Å². The molecule has 39 unspecified atom stereocenters. The van der Waals surface area contributed by atoms with E-state index in [-0.39, 0.29) is 90.6 Å². The van der Waals surface area contributed by atoms with Crippen LogP contribution in [-0.2, 0) is 76.2 Å². The average Bonchev–Trinajstić information content (AvgIpc) is 1.67. The Bertz CT molecular complexity index is 2780. The molecular formula is C63H103NaO32S. The Morgan fingerprint density at radius 3 is 1.60 bits per heavy atom. The van der Waals surface area contributed by atoms with Crippen LogP contribution in [0.5, 0.6) is 0 Å². The van der Waals surface area contributed by atoms with E-state index < -0.39 is 236 Å². The number of rotatable bonds is 20. The third-order valence-corrected chi connectivity index (χ3v) is 23.7. The van der Waals surface area contributed by atoms with Gasteiger partial charge in [-0.15, -0.1) is 0 Å². The van der Waals surface area contributed by atoms with E-state index >= 15 is 0 Å². The second-order valence-corrected chi connectivity index (χ2v) is 30.8. The van der Waals surface area contributed by atoms with Gasteiger partial charge in [0.25, 0.3) is 0 Å². The Balaban J connectivity index is 0.0000110. The Labute approximate surface area is 585 Å². The first-order valence-electron chi connectivity index (χ1n) is 33.7. The summed E-state index contributed by atoms with van der Waals surface area (Å²) in [6.07, 6.45) is -47.6. The van der Waals surface area contributed by atoms with Crippen molar-refractivity contribution in [3.8, 4) is 0 Å².